The molecule has 1 amide bonds. The van der Waals surface area contributed by atoms with E-state index in [4.69, 9.17) is 9.47 Å². The number of carbonyl (C=O) groups excluding carboxylic acids is 2. The molecule has 0 radical (unpaired) electrons. The summed E-state index contributed by atoms with van der Waals surface area (Å²) in [5, 5.41) is 1.88. The Morgan fingerprint density at radius 1 is 1.10 bits per heavy atom. The number of benzene rings is 2. The van der Waals surface area contributed by atoms with Gasteiger partial charge in [-0.2, -0.15) is 0 Å². The summed E-state index contributed by atoms with van der Waals surface area (Å²) in [6, 6.07) is 12.9. The van der Waals surface area contributed by atoms with Gasteiger partial charge in [-0.3, -0.25) is 4.79 Å². The van der Waals surface area contributed by atoms with E-state index < -0.39 is 22.4 Å². The van der Waals surface area contributed by atoms with E-state index in [1.165, 1.54) is 4.90 Å². The van der Waals surface area contributed by atoms with E-state index in [0.29, 0.717) is 18.7 Å². The van der Waals surface area contributed by atoms with Crippen LogP contribution >= 0.6 is 0 Å². The van der Waals surface area contributed by atoms with Crippen molar-refractivity contribution in [2.45, 2.75) is 26.3 Å². The Morgan fingerprint density at radius 2 is 1.83 bits per heavy atom. The molecule has 0 N–H and O–H groups in total. The molecule has 1 fully saturated rings. The second-order valence-corrected chi connectivity index (χ2v) is 10.2. The maximum atomic E-state index is 12.6. The van der Waals surface area contributed by atoms with Gasteiger partial charge in [-0.15, -0.1) is 0 Å². The summed E-state index contributed by atoms with van der Waals surface area (Å²) >= 11 is 0. The molecule has 0 aromatic heterocycles. The van der Waals surface area contributed by atoms with Crippen LogP contribution < -0.4 is 4.74 Å². The zero-order valence-electron chi connectivity index (χ0n) is 17.2. The maximum absolute atomic E-state index is 12.6. The Labute approximate surface area is 176 Å². The Morgan fingerprint density at radius 3 is 2.53 bits per heavy atom. The molecule has 0 spiro atoms. The number of sulfone groups is 1. The molecule has 2 aromatic rings. The van der Waals surface area contributed by atoms with Crippen LogP contribution in [0.3, 0.4) is 0 Å². The molecule has 3 rings (SSSR count). The number of hydrogen-bond acceptors (Lipinski definition) is 6. The van der Waals surface area contributed by atoms with Crippen molar-refractivity contribution in [1.29, 1.82) is 0 Å². The van der Waals surface area contributed by atoms with Gasteiger partial charge in [-0.1, -0.05) is 50.2 Å². The normalized spacial score (nSPS) is 17.8. The van der Waals surface area contributed by atoms with Crippen molar-refractivity contribution in [1.82, 2.24) is 4.90 Å². The van der Waals surface area contributed by atoms with Crippen molar-refractivity contribution < 1.29 is 27.5 Å². The lowest BCUT2D eigenvalue weighted by atomic mass is 10.1. The van der Waals surface area contributed by atoms with Gasteiger partial charge in [0.2, 0.25) is 0 Å². The van der Waals surface area contributed by atoms with Gasteiger partial charge in [0.25, 0.3) is 5.91 Å². The summed E-state index contributed by atoms with van der Waals surface area (Å²) in [6.45, 7) is 3.58. The number of carbonyl (C=O) groups is 2. The minimum atomic E-state index is -3.12. The summed E-state index contributed by atoms with van der Waals surface area (Å²) in [5.74, 6) is -0.261. The highest BCUT2D eigenvalue weighted by atomic mass is 32.2. The number of fused-ring (bicyclic) bond motifs is 1. The highest BCUT2D eigenvalue weighted by Crippen LogP contribution is 2.25. The van der Waals surface area contributed by atoms with Crippen molar-refractivity contribution in [3.05, 3.63) is 42.5 Å². The molecule has 1 aliphatic heterocycles. The van der Waals surface area contributed by atoms with Gasteiger partial charge >= 0.3 is 5.97 Å². The van der Waals surface area contributed by atoms with Gasteiger partial charge in [0.05, 0.1) is 11.5 Å². The van der Waals surface area contributed by atoms with Crippen LogP contribution in [-0.2, 0) is 24.2 Å². The first-order valence-electron chi connectivity index (χ1n) is 10.0. The minimum absolute atomic E-state index is 0.0381. The molecule has 162 valence electrons. The number of ether oxygens (including phenoxy) is 2. The van der Waals surface area contributed by atoms with Crippen molar-refractivity contribution in [2.75, 3.05) is 31.3 Å². The average Bonchev–Trinajstić information content (AvgIpc) is 3.07. The zero-order valence-corrected chi connectivity index (χ0v) is 18.1. The molecule has 1 saturated heterocycles. The lowest BCUT2D eigenvalue weighted by Crippen LogP contribution is -2.45. The van der Waals surface area contributed by atoms with Crippen LogP contribution in [0.2, 0.25) is 0 Å². The quantitative estimate of drug-likeness (QED) is 0.594. The third-order valence-electron chi connectivity index (χ3n) is 4.98. The van der Waals surface area contributed by atoms with E-state index in [2.05, 4.69) is 0 Å². The maximum Gasteiger partial charge on any atom is 0.344 e. The Kier molecular flexibility index (Phi) is 6.97. The molecule has 1 atom stereocenters. The fourth-order valence-corrected chi connectivity index (χ4v) is 5.32. The summed E-state index contributed by atoms with van der Waals surface area (Å²) < 4.78 is 34.3. The van der Waals surface area contributed by atoms with Gasteiger partial charge < -0.3 is 14.4 Å². The van der Waals surface area contributed by atoms with E-state index in [1.807, 2.05) is 50.2 Å². The minimum Gasteiger partial charge on any atom is -0.481 e. The second-order valence-electron chi connectivity index (χ2n) is 7.92. The van der Waals surface area contributed by atoms with Gasteiger partial charge in [0.15, 0.2) is 23.1 Å². The molecule has 8 heteroatoms. The Hall–Kier alpha value is -2.61. The fraction of sp³-hybridized carbons (Fsp3) is 0.455. The van der Waals surface area contributed by atoms with Crippen molar-refractivity contribution >= 4 is 32.5 Å². The molecule has 7 nitrogen and oxygen atoms in total. The predicted molar refractivity (Wildman–Crippen MR) is 114 cm³/mol. The van der Waals surface area contributed by atoms with Crippen molar-refractivity contribution in [3.63, 3.8) is 0 Å². The summed E-state index contributed by atoms with van der Waals surface area (Å²) in [7, 11) is -3.12. The number of esters is 1. The van der Waals surface area contributed by atoms with E-state index in [0.717, 1.165) is 10.8 Å². The Balaban J connectivity index is 1.55. The van der Waals surface area contributed by atoms with Crippen LogP contribution in [0.4, 0.5) is 0 Å². The van der Waals surface area contributed by atoms with Crippen molar-refractivity contribution in [2.24, 2.45) is 5.92 Å². The molecule has 0 aliphatic carbocycles. The second kappa shape index (κ2) is 9.47. The highest BCUT2D eigenvalue weighted by molar-refractivity contribution is 7.91. The number of amides is 1. The first-order chi connectivity index (χ1) is 14.2. The standard InChI is InChI=1S/C22H27NO6S/c1-16(2)12-23(18-10-11-30(26,27)15-18)21(24)13-29-22(25)14-28-20-9-5-7-17-6-3-4-8-19(17)20/h3-9,16,18H,10-15H2,1-2H3. The summed E-state index contributed by atoms with van der Waals surface area (Å²) in [5.41, 5.74) is 0. The largest absolute Gasteiger partial charge is 0.481 e. The average molecular weight is 434 g/mol. The molecule has 0 bridgehead atoms. The molecule has 1 unspecified atom stereocenters. The van der Waals surface area contributed by atoms with Crippen LogP contribution in [0.15, 0.2) is 42.5 Å². The summed E-state index contributed by atoms with van der Waals surface area (Å²) in [6.07, 6.45) is 0.416. The molecule has 2 aromatic carbocycles. The molecule has 1 aliphatic rings. The van der Waals surface area contributed by atoms with E-state index in [9.17, 15) is 18.0 Å². The Bertz CT molecular complexity index is 1010. The first-order valence-corrected chi connectivity index (χ1v) is 11.8. The topological polar surface area (TPSA) is 90.0 Å². The molecular weight excluding hydrogens is 406 g/mol. The van der Waals surface area contributed by atoms with E-state index in [-0.39, 0.29) is 36.0 Å². The van der Waals surface area contributed by atoms with Crippen LogP contribution in [0, 0.1) is 5.92 Å². The van der Waals surface area contributed by atoms with Gasteiger partial charge in [-0.05, 0) is 23.8 Å². The molecular formula is C22H27NO6S. The lowest BCUT2D eigenvalue weighted by Gasteiger charge is -2.29. The molecule has 1 heterocycles. The molecule has 0 saturated carbocycles. The monoisotopic (exact) mass is 433 g/mol. The summed E-state index contributed by atoms with van der Waals surface area (Å²) in [4.78, 5) is 26.3. The van der Waals surface area contributed by atoms with Gasteiger partial charge in [0, 0.05) is 18.0 Å². The van der Waals surface area contributed by atoms with Gasteiger partial charge in [0.1, 0.15) is 5.75 Å². The van der Waals surface area contributed by atoms with Crippen LogP contribution in [0.5, 0.6) is 5.75 Å². The fourth-order valence-electron chi connectivity index (χ4n) is 3.59. The van der Waals surface area contributed by atoms with Crippen molar-refractivity contribution in [3.8, 4) is 5.75 Å². The third-order valence-corrected chi connectivity index (χ3v) is 6.73. The number of rotatable bonds is 8. The van der Waals surface area contributed by atoms with Crippen LogP contribution in [0.25, 0.3) is 10.8 Å². The highest BCUT2D eigenvalue weighted by Gasteiger charge is 2.35. The third kappa shape index (κ3) is 5.72. The van der Waals surface area contributed by atoms with Crippen LogP contribution in [0.1, 0.15) is 20.3 Å². The van der Waals surface area contributed by atoms with Gasteiger partial charge in [-0.25, -0.2) is 13.2 Å². The smallest absolute Gasteiger partial charge is 0.344 e. The predicted octanol–water partition coefficient (Wildman–Crippen LogP) is 2.43. The number of nitrogens with zero attached hydrogens (tertiary/aromatic N) is 1. The molecule has 30 heavy (non-hydrogen) atoms. The van der Waals surface area contributed by atoms with E-state index >= 15 is 0 Å². The first kappa shape index (κ1) is 22.1. The SMILES string of the molecule is CC(C)CN(C(=O)COC(=O)COc1cccc2ccccc12)C1CCS(=O)(=O)C1. The number of hydrogen-bond donors (Lipinski definition) is 0. The van der Waals surface area contributed by atoms with Crippen LogP contribution in [-0.4, -0.2) is 62.5 Å². The zero-order chi connectivity index (χ0) is 21.7. The lowest BCUT2D eigenvalue weighted by molar-refractivity contribution is -0.154. The van der Waals surface area contributed by atoms with E-state index in [1.54, 1.807) is 6.07 Å².